The lowest BCUT2D eigenvalue weighted by Gasteiger charge is -2.15. The van der Waals surface area contributed by atoms with Gasteiger partial charge in [0.25, 0.3) is 17.9 Å². The minimum Gasteiger partial charge on any atom is -0.483 e. The number of carbonyl (C=O) groups is 7. The van der Waals surface area contributed by atoms with Crippen LogP contribution in [-0.4, -0.2) is 118 Å². The Morgan fingerprint density at radius 2 is 1.04 bits per heavy atom. The predicted octanol–water partition coefficient (Wildman–Crippen LogP) is 11.0. The van der Waals surface area contributed by atoms with Crippen LogP contribution >= 0.6 is 0 Å². The zero-order chi connectivity index (χ0) is 66.9. The summed E-state index contributed by atoms with van der Waals surface area (Å²) in [4.78, 5) is 99.4. The minimum atomic E-state index is -0.845. The van der Waals surface area contributed by atoms with Crippen molar-refractivity contribution in [3.8, 4) is 28.3 Å². The standard InChI is InChI=1S/C18H17N3O3.C15H13N3O2.C12H13NO3.C12H13NO2.C7H14O4.C3H2N2/c1-4-23-11-20-18-17(19-3)15(10-24-18)13-5-6-16-14(9-13)7-8-21(16)12(2)22;1-9(19)18-6-5-11-7-10(3-4-13(11)18)12-8-20-15(16)14(12)17-2;1-8(15)13-5-4-9-6-10(12(16)7-14)2-3-11(9)13;1-8(14)10-3-4-12-11(7-10)5-6-13(12)9(2)15;1-4-9-7(10-5-2)11-6(3)8;1-5-3-2-4/h5-6,9-11H,4,7-8H2,1-2H3;3-4,7-8H,5-6,16H2,1H3;2-3,6,14H,4-5,7H2,1H3;3-4,7H,5-6H2,1-2H3;7H,4-5H2,1-3H3;3H2. The molecule has 0 saturated carbocycles. The number of nitrogens with zero attached hydrogens (tertiary/aromatic N) is 9. The van der Waals surface area contributed by atoms with Gasteiger partial charge in [-0.3, -0.25) is 33.6 Å². The molecule has 0 fully saturated rings. The number of hydrogen-bond acceptors (Lipinski definition) is 17. The van der Waals surface area contributed by atoms with Crippen molar-refractivity contribution in [3.05, 3.63) is 153 Å². The highest BCUT2D eigenvalue weighted by molar-refractivity contribution is 6.01. The van der Waals surface area contributed by atoms with Crippen LogP contribution < -0.4 is 25.3 Å². The number of anilines is 5. The highest BCUT2D eigenvalue weighted by Gasteiger charge is 2.27. The van der Waals surface area contributed by atoms with Crippen LogP contribution in [0.15, 0.2) is 99.1 Å². The first-order valence-corrected chi connectivity index (χ1v) is 28.9. The van der Waals surface area contributed by atoms with E-state index in [1.807, 2.05) is 55.5 Å². The summed E-state index contributed by atoms with van der Waals surface area (Å²) in [5.41, 5.74) is 18.7. The quantitative estimate of drug-likeness (QED) is 0.0207. The zero-order valence-corrected chi connectivity index (χ0v) is 52.3. The SMILES string of the molecule is CC(=O)N1CCc2cc(C(=O)CO)ccc21.CC(=O)c1ccc2c(c1)CCN2C(C)=O.CCOC(OCC)OC(C)=O.[C-]#[N+]CC#N.[C-]#[N+]c1c(-c2ccc3c(c2)CCN3C(C)=O)coc1N.[C-]#[N+]c1c(-c2ccc3c(c2)CCN3C(C)=O)coc1N=COCC. The van der Waals surface area contributed by atoms with E-state index in [4.69, 9.17) is 58.9 Å². The molecule has 6 heterocycles. The molecular weight excluding hydrogens is 1170 g/mol. The molecule has 3 N–H and O–H groups in total. The summed E-state index contributed by atoms with van der Waals surface area (Å²) in [7, 11) is 0. The highest BCUT2D eigenvalue weighted by Crippen LogP contribution is 2.43. The van der Waals surface area contributed by atoms with Crippen LogP contribution in [0.3, 0.4) is 0 Å². The summed E-state index contributed by atoms with van der Waals surface area (Å²) in [6, 6.07) is 24.0. The van der Waals surface area contributed by atoms with Gasteiger partial charge in [0.15, 0.2) is 23.9 Å². The molecule has 91 heavy (non-hydrogen) atoms. The maximum absolute atomic E-state index is 11.6. The molecule has 24 nitrogen and oxygen atoms in total. The number of aliphatic hydroxyl groups is 1. The number of nitriles is 1. The number of amides is 4. The van der Waals surface area contributed by atoms with E-state index in [9.17, 15) is 33.6 Å². The van der Waals surface area contributed by atoms with E-state index < -0.39 is 19.1 Å². The number of aliphatic imine (C=N–C) groups is 1. The first kappa shape index (κ1) is 71.0. The van der Waals surface area contributed by atoms with Crippen LogP contribution in [0, 0.1) is 31.0 Å². The van der Waals surface area contributed by atoms with Crippen LogP contribution in [0.1, 0.15) is 105 Å². The number of nitrogen functional groups attached to an aromatic ring is 1. The maximum Gasteiger partial charge on any atom is 0.318 e. The van der Waals surface area contributed by atoms with E-state index in [0.29, 0.717) is 67.5 Å². The number of ketones is 2. The molecule has 0 atom stereocenters. The van der Waals surface area contributed by atoms with Crippen molar-refractivity contribution < 1.29 is 66.5 Å². The molecule has 0 unspecified atom stereocenters. The van der Waals surface area contributed by atoms with Crippen LogP contribution in [0.2, 0.25) is 0 Å². The van der Waals surface area contributed by atoms with Crippen molar-refractivity contribution in [1.29, 1.82) is 5.26 Å². The first-order chi connectivity index (χ1) is 43.6. The Labute approximate surface area is 528 Å². The Morgan fingerprint density at radius 3 is 1.42 bits per heavy atom. The summed E-state index contributed by atoms with van der Waals surface area (Å²) in [6.45, 7) is 38.0. The van der Waals surface area contributed by atoms with Gasteiger partial charge in [-0.1, -0.05) is 24.3 Å². The van der Waals surface area contributed by atoms with Gasteiger partial charge in [-0.2, -0.15) is 10.3 Å². The Balaban J connectivity index is 0.000000207. The van der Waals surface area contributed by atoms with Crippen molar-refractivity contribution in [2.24, 2.45) is 4.99 Å². The molecule has 6 aromatic rings. The number of aliphatic hydroxyl groups excluding tert-OH is 1. The average Bonchev–Trinajstić information content (AvgIpc) is 1.80. The normalized spacial score (nSPS) is 12.5. The summed E-state index contributed by atoms with van der Waals surface area (Å²) < 4.78 is 30.1. The lowest BCUT2D eigenvalue weighted by molar-refractivity contribution is -0.271. The van der Waals surface area contributed by atoms with E-state index in [0.717, 1.165) is 93.9 Å². The molecule has 2 aromatic heterocycles. The van der Waals surface area contributed by atoms with Gasteiger partial charge in [0, 0.05) is 106 Å². The summed E-state index contributed by atoms with van der Waals surface area (Å²) >= 11 is 0. The number of rotatable bonds is 13. The molecule has 4 aliphatic rings. The molecule has 0 bridgehead atoms. The second-order valence-electron chi connectivity index (χ2n) is 20.1. The number of benzene rings is 4. The molecule has 24 heteroatoms. The second-order valence-corrected chi connectivity index (χ2v) is 20.1. The second kappa shape index (κ2) is 34.7. The van der Waals surface area contributed by atoms with E-state index >= 15 is 0 Å². The average molecular weight is 1240 g/mol. The fourth-order valence-corrected chi connectivity index (χ4v) is 9.89. The molecule has 0 saturated heterocycles. The van der Waals surface area contributed by atoms with Gasteiger partial charge in [-0.05, 0) is 135 Å². The van der Waals surface area contributed by atoms with E-state index in [2.05, 4.69) is 24.3 Å². The Morgan fingerprint density at radius 1 is 0.626 bits per heavy atom. The number of furan rings is 2. The number of esters is 1. The fourth-order valence-electron chi connectivity index (χ4n) is 9.89. The van der Waals surface area contributed by atoms with E-state index in [1.54, 1.807) is 91.5 Å². The van der Waals surface area contributed by atoms with Crippen molar-refractivity contribution in [2.45, 2.75) is 94.5 Å². The third kappa shape index (κ3) is 18.9. The number of ether oxygens (including phenoxy) is 4. The molecule has 474 valence electrons. The van der Waals surface area contributed by atoms with Crippen molar-refractivity contribution in [2.75, 3.05) is 84.5 Å². The van der Waals surface area contributed by atoms with Crippen molar-refractivity contribution in [1.82, 2.24) is 0 Å². The first-order valence-electron chi connectivity index (χ1n) is 28.9. The van der Waals surface area contributed by atoms with Crippen LogP contribution in [0.4, 0.5) is 45.9 Å². The van der Waals surface area contributed by atoms with Gasteiger partial charge in [0.1, 0.15) is 12.7 Å². The smallest absolute Gasteiger partial charge is 0.318 e. The third-order valence-corrected chi connectivity index (χ3v) is 14.1. The van der Waals surface area contributed by atoms with Gasteiger partial charge in [-0.15, -0.1) is 0 Å². The van der Waals surface area contributed by atoms with Gasteiger partial charge < -0.3 is 63.1 Å². The third-order valence-electron chi connectivity index (χ3n) is 14.1. The van der Waals surface area contributed by atoms with Gasteiger partial charge in [0.05, 0.1) is 45.5 Å². The summed E-state index contributed by atoms with van der Waals surface area (Å²) in [5, 5.41) is 16.4. The maximum atomic E-state index is 11.6. The molecule has 4 aliphatic heterocycles. The predicted molar refractivity (Wildman–Crippen MR) is 342 cm³/mol. The molecular formula is C67H72N10O14. The summed E-state index contributed by atoms with van der Waals surface area (Å²) in [6.07, 6.45) is 7.56. The zero-order valence-electron chi connectivity index (χ0n) is 52.3. The topological polar surface area (TPSA) is 291 Å². The Hall–Kier alpha value is -10.8. The highest BCUT2D eigenvalue weighted by atomic mass is 16.9. The van der Waals surface area contributed by atoms with Gasteiger partial charge >= 0.3 is 12.4 Å². The molecule has 4 aromatic carbocycles. The number of hydrogen-bond donors (Lipinski definition) is 2. The van der Waals surface area contributed by atoms with Crippen LogP contribution in [0.25, 0.3) is 36.8 Å². The number of fused-ring (bicyclic) bond motifs is 4. The lowest BCUT2D eigenvalue weighted by atomic mass is 10.0. The monoisotopic (exact) mass is 1240 g/mol. The largest absolute Gasteiger partial charge is 0.483 e. The van der Waals surface area contributed by atoms with Crippen LogP contribution in [-0.2, 0) is 68.6 Å². The van der Waals surface area contributed by atoms with Crippen LogP contribution in [0.5, 0.6) is 0 Å². The molecule has 4 amide bonds. The summed E-state index contributed by atoms with van der Waals surface area (Å²) in [5.74, 6) is -0.0883. The number of Topliss-reactive ketones (excluding diaryl/α,β-unsaturated/α-hetero) is 2. The number of carbonyl (C=O) groups excluding carboxylic acids is 7. The lowest BCUT2D eigenvalue weighted by Crippen LogP contribution is -2.25. The molecule has 0 spiro atoms. The van der Waals surface area contributed by atoms with E-state index in [-0.39, 0.29) is 53.5 Å². The van der Waals surface area contributed by atoms with Crippen molar-refractivity contribution >= 4 is 93.5 Å². The van der Waals surface area contributed by atoms with E-state index in [1.165, 1.54) is 32.8 Å². The Bertz CT molecular complexity index is 3820. The number of nitrogens with two attached hydrogens (primary N) is 1. The van der Waals surface area contributed by atoms with Gasteiger partial charge in [0.2, 0.25) is 29.5 Å². The minimum absolute atomic E-state index is 0.0139. The molecule has 10 rings (SSSR count). The fraction of sp³-hybridized carbons (Fsp3) is 0.343. The Kier molecular flexibility index (Phi) is 27.1. The molecule has 0 aliphatic carbocycles. The molecule has 0 radical (unpaired) electrons. The van der Waals surface area contributed by atoms with Crippen molar-refractivity contribution in [3.63, 3.8) is 0 Å². The van der Waals surface area contributed by atoms with Gasteiger partial charge in [-0.25, -0.2) is 16.3 Å².